The van der Waals surface area contributed by atoms with Crippen molar-refractivity contribution in [1.29, 1.82) is 0 Å². The molecule has 0 aliphatic heterocycles. The summed E-state index contributed by atoms with van der Waals surface area (Å²) in [5, 5.41) is 3.68. The lowest BCUT2D eigenvalue weighted by molar-refractivity contribution is 0.462. The average molecular weight is 245 g/mol. The van der Waals surface area contributed by atoms with Gasteiger partial charge in [0.05, 0.1) is 0 Å². The Morgan fingerprint density at radius 1 is 1.06 bits per heavy atom. The largest absolute Gasteiger partial charge is 0.313 e. The van der Waals surface area contributed by atoms with E-state index in [9.17, 15) is 0 Å². The van der Waals surface area contributed by atoms with Crippen molar-refractivity contribution in [3.8, 4) is 0 Å². The summed E-state index contributed by atoms with van der Waals surface area (Å²) < 4.78 is 0. The van der Waals surface area contributed by atoms with Crippen LogP contribution in [0.5, 0.6) is 0 Å². The third-order valence-electron chi connectivity index (χ3n) is 2.68. The highest BCUT2D eigenvalue weighted by Crippen LogP contribution is 2.12. The van der Waals surface area contributed by atoms with Crippen LogP contribution in [0.4, 0.5) is 0 Å². The van der Waals surface area contributed by atoms with E-state index in [-0.39, 0.29) is 0 Å². The number of nitrogens with one attached hydrogen (secondary N) is 1. The molecule has 0 radical (unpaired) electrons. The van der Waals surface area contributed by atoms with Crippen LogP contribution in [0.3, 0.4) is 0 Å². The highest BCUT2D eigenvalue weighted by atomic mass is 32.2. The minimum Gasteiger partial charge on any atom is -0.313 e. The highest BCUT2D eigenvalue weighted by molar-refractivity contribution is 7.99. The normalized spacial score (nSPS) is 13.3. The molecule has 0 fully saturated rings. The van der Waals surface area contributed by atoms with Gasteiger partial charge in [0.1, 0.15) is 0 Å². The third kappa shape index (κ3) is 10.8. The second-order valence-corrected chi connectivity index (χ2v) is 6.20. The number of hydrogen-bond donors (Lipinski definition) is 1. The summed E-state index contributed by atoms with van der Waals surface area (Å²) in [5.74, 6) is 3.47. The number of rotatable bonds is 11. The Hall–Kier alpha value is 0.310. The summed E-state index contributed by atoms with van der Waals surface area (Å²) in [6.07, 6.45) is 6.67. The van der Waals surface area contributed by atoms with Crippen molar-refractivity contribution in [2.75, 3.05) is 18.1 Å². The minimum absolute atomic E-state index is 0.746. The van der Waals surface area contributed by atoms with Crippen LogP contribution in [-0.2, 0) is 0 Å². The lowest BCUT2D eigenvalue weighted by Crippen LogP contribution is -2.32. The zero-order chi connectivity index (χ0) is 12.2. The van der Waals surface area contributed by atoms with Gasteiger partial charge in [-0.1, -0.05) is 40.5 Å². The molecule has 98 valence electrons. The van der Waals surface area contributed by atoms with Gasteiger partial charge in [0.2, 0.25) is 0 Å². The molecule has 0 spiro atoms. The van der Waals surface area contributed by atoms with Crippen LogP contribution >= 0.6 is 11.8 Å². The van der Waals surface area contributed by atoms with E-state index < -0.39 is 0 Å². The zero-order valence-electron chi connectivity index (χ0n) is 11.7. The van der Waals surface area contributed by atoms with Crippen molar-refractivity contribution in [2.24, 2.45) is 5.92 Å². The zero-order valence-corrected chi connectivity index (χ0v) is 12.5. The molecule has 0 amide bonds. The molecule has 0 aromatic rings. The van der Waals surface area contributed by atoms with E-state index in [4.69, 9.17) is 0 Å². The first-order valence-electron chi connectivity index (χ1n) is 7.01. The summed E-state index contributed by atoms with van der Waals surface area (Å²) in [6, 6.07) is 0.746. The van der Waals surface area contributed by atoms with Gasteiger partial charge in [0.15, 0.2) is 0 Å². The van der Waals surface area contributed by atoms with Gasteiger partial charge in [-0.25, -0.2) is 0 Å². The maximum absolute atomic E-state index is 3.68. The van der Waals surface area contributed by atoms with Crippen molar-refractivity contribution in [3.05, 3.63) is 0 Å². The van der Waals surface area contributed by atoms with Crippen LogP contribution in [0.2, 0.25) is 0 Å². The average Bonchev–Trinajstić information content (AvgIpc) is 2.25. The predicted molar refractivity (Wildman–Crippen MR) is 78.4 cm³/mol. The Morgan fingerprint density at radius 3 is 2.38 bits per heavy atom. The van der Waals surface area contributed by atoms with Crippen LogP contribution in [0.1, 0.15) is 59.8 Å². The van der Waals surface area contributed by atoms with Gasteiger partial charge in [-0.05, 0) is 37.5 Å². The van der Waals surface area contributed by atoms with Crippen LogP contribution in [-0.4, -0.2) is 24.1 Å². The maximum Gasteiger partial charge on any atom is 0.0158 e. The number of thioether (sulfide) groups is 1. The van der Waals surface area contributed by atoms with E-state index >= 15 is 0 Å². The molecule has 0 saturated carbocycles. The van der Waals surface area contributed by atoms with Crippen LogP contribution in [0, 0.1) is 5.92 Å². The lowest BCUT2D eigenvalue weighted by Gasteiger charge is -2.18. The van der Waals surface area contributed by atoms with Gasteiger partial charge >= 0.3 is 0 Å². The number of hydrogen-bond acceptors (Lipinski definition) is 2. The predicted octanol–water partition coefficient (Wildman–Crippen LogP) is 4.32. The molecule has 0 aromatic heterocycles. The van der Waals surface area contributed by atoms with E-state index in [0.29, 0.717) is 0 Å². The molecule has 0 heterocycles. The van der Waals surface area contributed by atoms with Crippen LogP contribution in [0.25, 0.3) is 0 Å². The Balaban J connectivity index is 3.62. The molecule has 0 aliphatic carbocycles. The van der Waals surface area contributed by atoms with E-state index in [1.54, 1.807) is 0 Å². The first kappa shape index (κ1) is 16.3. The molecule has 0 bridgehead atoms. The summed E-state index contributed by atoms with van der Waals surface area (Å²) >= 11 is 2.11. The van der Waals surface area contributed by atoms with Gasteiger partial charge in [0.25, 0.3) is 0 Å². The molecule has 0 rings (SSSR count). The van der Waals surface area contributed by atoms with Gasteiger partial charge in [-0.2, -0.15) is 11.8 Å². The second-order valence-electron chi connectivity index (χ2n) is 5.05. The third-order valence-corrected chi connectivity index (χ3v) is 4.02. The molecule has 0 aromatic carbocycles. The Morgan fingerprint density at radius 2 is 1.81 bits per heavy atom. The van der Waals surface area contributed by atoms with E-state index in [1.807, 2.05) is 0 Å². The van der Waals surface area contributed by atoms with Gasteiger partial charge < -0.3 is 5.32 Å². The molecule has 1 atom stereocenters. The van der Waals surface area contributed by atoms with Crippen molar-refractivity contribution < 1.29 is 0 Å². The summed E-state index contributed by atoms with van der Waals surface area (Å²) in [6.45, 7) is 10.3. The highest BCUT2D eigenvalue weighted by Gasteiger charge is 2.07. The van der Waals surface area contributed by atoms with Crippen LogP contribution < -0.4 is 5.32 Å². The Kier molecular flexibility index (Phi) is 12.0. The first-order valence-corrected chi connectivity index (χ1v) is 8.17. The SMILES string of the molecule is CCCNC(CCCC(C)C)CSCCC. The summed E-state index contributed by atoms with van der Waals surface area (Å²) in [4.78, 5) is 0. The molecular formula is C14H31NS. The fourth-order valence-electron chi connectivity index (χ4n) is 1.74. The first-order chi connectivity index (χ1) is 7.70. The quantitative estimate of drug-likeness (QED) is 0.544. The fourth-order valence-corrected chi connectivity index (χ4v) is 2.76. The van der Waals surface area contributed by atoms with E-state index in [2.05, 4.69) is 44.8 Å². The molecule has 1 N–H and O–H groups in total. The van der Waals surface area contributed by atoms with Crippen molar-refractivity contribution in [1.82, 2.24) is 5.32 Å². The smallest absolute Gasteiger partial charge is 0.0158 e. The molecule has 1 unspecified atom stereocenters. The second kappa shape index (κ2) is 11.8. The fraction of sp³-hybridized carbons (Fsp3) is 1.00. The minimum atomic E-state index is 0.746. The van der Waals surface area contributed by atoms with Gasteiger partial charge in [-0.3, -0.25) is 0 Å². The van der Waals surface area contributed by atoms with E-state index in [1.165, 1.54) is 50.2 Å². The molecule has 0 saturated heterocycles. The molecule has 16 heavy (non-hydrogen) atoms. The maximum atomic E-state index is 3.68. The standard InChI is InChI=1S/C14H31NS/c1-5-10-15-14(12-16-11-6-2)9-7-8-13(3)4/h13-15H,5-12H2,1-4H3. The van der Waals surface area contributed by atoms with Crippen molar-refractivity contribution in [2.45, 2.75) is 65.8 Å². The lowest BCUT2D eigenvalue weighted by atomic mass is 10.0. The molecule has 0 aliphatic rings. The van der Waals surface area contributed by atoms with Gasteiger partial charge in [-0.15, -0.1) is 0 Å². The monoisotopic (exact) mass is 245 g/mol. The van der Waals surface area contributed by atoms with Crippen LogP contribution in [0.15, 0.2) is 0 Å². The topological polar surface area (TPSA) is 12.0 Å². The van der Waals surface area contributed by atoms with Crippen molar-refractivity contribution in [3.63, 3.8) is 0 Å². The summed E-state index contributed by atoms with van der Waals surface area (Å²) in [7, 11) is 0. The van der Waals surface area contributed by atoms with Gasteiger partial charge in [0, 0.05) is 11.8 Å². The molecule has 2 heteroatoms. The Labute approximate surface area is 107 Å². The summed E-state index contributed by atoms with van der Waals surface area (Å²) in [5.41, 5.74) is 0. The van der Waals surface area contributed by atoms with Crippen molar-refractivity contribution >= 4 is 11.8 Å². The molecule has 1 nitrogen and oxygen atoms in total. The van der Waals surface area contributed by atoms with E-state index in [0.717, 1.165) is 12.0 Å². The molecular weight excluding hydrogens is 214 g/mol. The Bertz CT molecular complexity index is 137.